The van der Waals surface area contributed by atoms with Crippen molar-refractivity contribution in [1.29, 1.82) is 0 Å². The van der Waals surface area contributed by atoms with Gasteiger partial charge < -0.3 is 9.64 Å². The number of benzene rings is 1. The molecule has 1 heterocycles. The summed E-state index contributed by atoms with van der Waals surface area (Å²) in [6.07, 6.45) is 2.71. The number of allylic oxidation sites excluding steroid dienone is 1. The molecule has 0 bridgehead atoms. The molecule has 0 atom stereocenters. The van der Waals surface area contributed by atoms with E-state index in [0.29, 0.717) is 0 Å². The summed E-state index contributed by atoms with van der Waals surface area (Å²) in [7, 11) is -3.73. The Kier molecular flexibility index (Phi) is 6.27. The van der Waals surface area contributed by atoms with Crippen molar-refractivity contribution in [2.24, 2.45) is 0 Å². The largest absolute Gasteiger partial charge is 0.452 e. The van der Waals surface area contributed by atoms with Crippen LogP contribution in [-0.2, 0) is 24.3 Å². The van der Waals surface area contributed by atoms with Gasteiger partial charge in [-0.3, -0.25) is 4.79 Å². The summed E-state index contributed by atoms with van der Waals surface area (Å²) in [6.45, 7) is 1.90. The van der Waals surface area contributed by atoms with Crippen LogP contribution in [0.2, 0.25) is 0 Å². The van der Waals surface area contributed by atoms with E-state index < -0.39 is 21.8 Å². The number of ether oxygens (including phenoxy) is 1. The SMILES string of the molecule is C/C=C/C(=O)OCC(=O)N1CCN(S(=O)(=O)c2ccc(F)cc2)CC1. The van der Waals surface area contributed by atoms with Crippen LogP contribution in [0.5, 0.6) is 0 Å². The lowest BCUT2D eigenvalue weighted by molar-refractivity contribution is -0.148. The van der Waals surface area contributed by atoms with Crippen LogP contribution < -0.4 is 0 Å². The summed E-state index contributed by atoms with van der Waals surface area (Å²) >= 11 is 0. The zero-order chi connectivity index (χ0) is 18.4. The smallest absolute Gasteiger partial charge is 0.330 e. The molecule has 0 aromatic heterocycles. The van der Waals surface area contributed by atoms with E-state index in [4.69, 9.17) is 4.74 Å². The van der Waals surface area contributed by atoms with Gasteiger partial charge in [-0.15, -0.1) is 0 Å². The Labute approximate surface area is 145 Å². The topological polar surface area (TPSA) is 84.0 Å². The third-order valence-corrected chi connectivity index (χ3v) is 5.60. The van der Waals surface area contributed by atoms with E-state index in [1.54, 1.807) is 6.92 Å². The molecule has 25 heavy (non-hydrogen) atoms. The highest BCUT2D eigenvalue weighted by molar-refractivity contribution is 7.89. The van der Waals surface area contributed by atoms with E-state index in [2.05, 4.69) is 0 Å². The monoisotopic (exact) mass is 370 g/mol. The van der Waals surface area contributed by atoms with Crippen LogP contribution in [-0.4, -0.2) is 62.3 Å². The highest BCUT2D eigenvalue weighted by Gasteiger charge is 2.30. The molecular weight excluding hydrogens is 351 g/mol. The molecule has 9 heteroatoms. The number of carbonyl (C=O) groups is 2. The van der Waals surface area contributed by atoms with Crippen molar-refractivity contribution in [2.45, 2.75) is 11.8 Å². The molecule has 1 aromatic carbocycles. The number of hydrogen-bond acceptors (Lipinski definition) is 5. The predicted molar refractivity (Wildman–Crippen MR) is 87.5 cm³/mol. The number of halogens is 1. The van der Waals surface area contributed by atoms with Gasteiger partial charge in [0, 0.05) is 32.3 Å². The quantitative estimate of drug-likeness (QED) is 0.565. The minimum Gasteiger partial charge on any atom is -0.452 e. The lowest BCUT2D eigenvalue weighted by atomic mass is 10.3. The number of hydrogen-bond donors (Lipinski definition) is 0. The van der Waals surface area contributed by atoms with Crippen molar-refractivity contribution < 1.29 is 27.1 Å². The van der Waals surface area contributed by atoms with Gasteiger partial charge in [0.05, 0.1) is 4.90 Å². The molecule has 0 unspecified atom stereocenters. The fourth-order valence-electron chi connectivity index (χ4n) is 2.34. The second kappa shape index (κ2) is 8.21. The second-order valence-electron chi connectivity index (χ2n) is 5.35. The number of rotatable bonds is 5. The van der Waals surface area contributed by atoms with Gasteiger partial charge in [-0.2, -0.15) is 4.31 Å². The van der Waals surface area contributed by atoms with Crippen LogP contribution in [0.1, 0.15) is 6.92 Å². The molecule has 1 amide bonds. The van der Waals surface area contributed by atoms with Crippen LogP contribution in [0.3, 0.4) is 0 Å². The van der Waals surface area contributed by atoms with Gasteiger partial charge in [0.2, 0.25) is 10.0 Å². The van der Waals surface area contributed by atoms with Crippen molar-refractivity contribution in [1.82, 2.24) is 9.21 Å². The Morgan fingerprint density at radius 3 is 2.32 bits per heavy atom. The normalized spacial score (nSPS) is 16.2. The maximum absolute atomic E-state index is 12.9. The Hall–Kier alpha value is -2.26. The van der Waals surface area contributed by atoms with Crippen LogP contribution in [0.25, 0.3) is 0 Å². The Morgan fingerprint density at radius 2 is 1.76 bits per heavy atom. The lowest BCUT2D eigenvalue weighted by Gasteiger charge is -2.33. The molecule has 2 rings (SSSR count). The molecule has 0 N–H and O–H groups in total. The summed E-state index contributed by atoms with van der Waals surface area (Å²) < 4.78 is 43.9. The number of esters is 1. The standard InChI is InChI=1S/C16H19FN2O5S/c1-2-3-16(21)24-12-15(20)18-8-10-19(11-9-18)25(22,23)14-6-4-13(17)5-7-14/h2-7H,8-12H2,1H3/b3-2+. The number of nitrogens with zero attached hydrogens (tertiary/aromatic N) is 2. The molecule has 7 nitrogen and oxygen atoms in total. The molecule has 1 saturated heterocycles. The van der Waals surface area contributed by atoms with Gasteiger partial charge in [0.1, 0.15) is 5.82 Å². The average molecular weight is 370 g/mol. The van der Waals surface area contributed by atoms with E-state index >= 15 is 0 Å². The third kappa shape index (κ3) is 4.86. The van der Waals surface area contributed by atoms with Gasteiger partial charge in [-0.05, 0) is 31.2 Å². The van der Waals surface area contributed by atoms with E-state index in [0.717, 1.165) is 12.1 Å². The fourth-order valence-corrected chi connectivity index (χ4v) is 3.76. The number of carbonyl (C=O) groups excluding carboxylic acids is 2. The van der Waals surface area contributed by atoms with Crippen LogP contribution >= 0.6 is 0 Å². The summed E-state index contributed by atoms with van der Waals surface area (Å²) in [5.74, 6) is -1.49. The molecule has 0 radical (unpaired) electrons. The van der Waals surface area contributed by atoms with E-state index in [1.807, 2.05) is 0 Å². The Morgan fingerprint density at radius 1 is 1.16 bits per heavy atom. The lowest BCUT2D eigenvalue weighted by Crippen LogP contribution is -2.51. The molecule has 1 aliphatic heterocycles. The van der Waals surface area contributed by atoms with Gasteiger partial charge >= 0.3 is 5.97 Å². The first-order chi connectivity index (χ1) is 11.8. The van der Waals surface area contributed by atoms with E-state index in [9.17, 15) is 22.4 Å². The van der Waals surface area contributed by atoms with Gasteiger partial charge in [0.25, 0.3) is 5.91 Å². The molecule has 1 aliphatic rings. The first kappa shape index (κ1) is 19.1. The molecular formula is C16H19FN2O5S. The van der Waals surface area contributed by atoms with Crippen molar-refractivity contribution in [3.05, 3.63) is 42.2 Å². The zero-order valence-corrected chi connectivity index (χ0v) is 14.5. The summed E-state index contributed by atoms with van der Waals surface area (Å²) in [5, 5.41) is 0. The second-order valence-corrected chi connectivity index (χ2v) is 7.28. The van der Waals surface area contributed by atoms with Gasteiger partial charge in [0.15, 0.2) is 6.61 Å². The summed E-state index contributed by atoms with van der Waals surface area (Å²) in [5.41, 5.74) is 0. The predicted octanol–water partition coefficient (Wildman–Crippen LogP) is 0.778. The molecule has 0 aliphatic carbocycles. The summed E-state index contributed by atoms with van der Waals surface area (Å²) in [6, 6.07) is 4.60. The van der Waals surface area contributed by atoms with Gasteiger partial charge in [-0.1, -0.05) is 6.08 Å². The van der Waals surface area contributed by atoms with Crippen molar-refractivity contribution in [3.63, 3.8) is 0 Å². The maximum Gasteiger partial charge on any atom is 0.330 e. The van der Waals surface area contributed by atoms with Crippen LogP contribution in [0, 0.1) is 5.82 Å². The highest BCUT2D eigenvalue weighted by Crippen LogP contribution is 2.18. The van der Waals surface area contributed by atoms with E-state index in [-0.39, 0.29) is 43.6 Å². The first-order valence-corrected chi connectivity index (χ1v) is 9.11. The minimum atomic E-state index is -3.73. The molecule has 1 aromatic rings. The average Bonchev–Trinajstić information content (AvgIpc) is 2.60. The highest BCUT2D eigenvalue weighted by atomic mass is 32.2. The summed E-state index contributed by atoms with van der Waals surface area (Å²) in [4.78, 5) is 24.6. The number of piperazine rings is 1. The molecule has 0 saturated carbocycles. The zero-order valence-electron chi connectivity index (χ0n) is 13.7. The first-order valence-electron chi connectivity index (χ1n) is 7.67. The van der Waals surface area contributed by atoms with Crippen molar-refractivity contribution >= 4 is 21.9 Å². The maximum atomic E-state index is 12.9. The molecule has 0 spiro atoms. The Bertz CT molecular complexity index is 753. The van der Waals surface area contributed by atoms with Crippen LogP contribution in [0.15, 0.2) is 41.3 Å². The molecule has 1 fully saturated rings. The number of amides is 1. The fraction of sp³-hybridized carbons (Fsp3) is 0.375. The minimum absolute atomic E-state index is 0.00830. The van der Waals surface area contributed by atoms with E-state index in [1.165, 1.54) is 33.5 Å². The third-order valence-electron chi connectivity index (χ3n) is 3.68. The molecule has 136 valence electrons. The number of sulfonamides is 1. The van der Waals surface area contributed by atoms with Crippen LogP contribution in [0.4, 0.5) is 4.39 Å². The van der Waals surface area contributed by atoms with Gasteiger partial charge in [-0.25, -0.2) is 17.6 Å². The van der Waals surface area contributed by atoms with Crippen molar-refractivity contribution in [3.8, 4) is 0 Å². The van der Waals surface area contributed by atoms with Crippen molar-refractivity contribution in [2.75, 3.05) is 32.8 Å². The Balaban J connectivity index is 1.91.